The highest BCUT2D eigenvalue weighted by Gasteiger charge is 2.22. The van der Waals surface area contributed by atoms with Gasteiger partial charge in [0, 0.05) is 24.7 Å². The lowest BCUT2D eigenvalue weighted by atomic mass is 10.2. The summed E-state index contributed by atoms with van der Waals surface area (Å²) in [4.78, 5) is 9.11. The van der Waals surface area contributed by atoms with Gasteiger partial charge in [0.05, 0.1) is 5.69 Å². The van der Waals surface area contributed by atoms with E-state index in [1.54, 1.807) is 0 Å². The molecule has 0 radical (unpaired) electrons. The first-order valence-corrected chi connectivity index (χ1v) is 6.20. The number of aromatic nitrogens is 2. The van der Waals surface area contributed by atoms with E-state index in [0.717, 1.165) is 36.1 Å². The molecule has 1 fully saturated rings. The quantitative estimate of drug-likeness (QED) is 0.825. The van der Waals surface area contributed by atoms with Crippen molar-refractivity contribution >= 4 is 0 Å². The second kappa shape index (κ2) is 4.91. The lowest BCUT2D eigenvalue weighted by Crippen LogP contribution is -2.23. The van der Waals surface area contributed by atoms with Crippen LogP contribution in [0.2, 0.25) is 0 Å². The first-order valence-electron chi connectivity index (χ1n) is 6.20. The number of nitrogens with zero attached hydrogens (tertiary/aromatic N) is 2. The standard InChI is InChI=1S/C13H21N3/c1-9(2)14-8-12-6-10(3)15-13(16-12)7-11-4-5-11/h6,9,11,14H,4-5,7-8H2,1-3H3. The normalized spacial score (nSPS) is 15.8. The second-order valence-corrected chi connectivity index (χ2v) is 5.10. The smallest absolute Gasteiger partial charge is 0.129 e. The monoisotopic (exact) mass is 219 g/mol. The molecular weight excluding hydrogens is 198 g/mol. The molecule has 1 heterocycles. The highest BCUT2D eigenvalue weighted by Crippen LogP contribution is 2.31. The molecule has 2 rings (SSSR count). The van der Waals surface area contributed by atoms with Crippen molar-refractivity contribution in [3.63, 3.8) is 0 Å². The number of hydrogen-bond donors (Lipinski definition) is 1. The molecule has 1 saturated carbocycles. The van der Waals surface area contributed by atoms with Crippen LogP contribution in [-0.2, 0) is 13.0 Å². The zero-order valence-corrected chi connectivity index (χ0v) is 10.5. The van der Waals surface area contributed by atoms with E-state index in [2.05, 4.69) is 42.1 Å². The first-order chi connectivity index (χ1) is 7.63. The van der Waals surface area contributed by atoms with Crippen molar-refractivity contribution in [2.24, 2.45) is 5.92 Å². The minimum absolute atomic E-state index is 0.502. The molecule has 0 aliphatic heterocycles. The van der Waals surface area contributed by atoms with E-state index in [4.69, 9.17) is 0 Å². The fraction of sp³-hybridized carbons (Fsp3) is 0.692. The predicted molar refractivity (Wildman–Crippen MR) is 65.2 cm³/mol. The van der Waals surface area contributed by atoms with Gasteiger partial charge in [-0.25, -0.2) is 9.97 Å². The second-order valence-electron chi connectivity index (χ2n) is 5.10. The van der Waals surface area contributed by atoms with Crippen molar-refractivity contribution in [1.29, 1.82) is 0 Å². The third-order valence-corrected chi connectivity index (χ3v) is 2.81. The van der Waals surface area contributed by atoms with Crippen molar-refractivity contribution < 1.29 is 0 Å². The molecule has 0 atom stereocenters. The fourth-order valence-corrected chi connectivity index (χ4v) is 1.77. The molecule has 88 valence electrons. The van der Waals surface area contributed by atoms with Crippen LogP contribution < -0.4 is 5.32 Å². The summed E-state index contributed by atoms with van der Waals surface area (Å²) in [5, 5.41) is 3.39. The van der Waals surface area contributed by atoms with Crippen LogP contribution in [0.25, 0.3) is 0 Å². The Bertz CT molecular complexity index is 356. The molecule has 1 aliphatic carbocycles. The molecular formula is C13H21N3. The van der Waals surface area contributed by atoms with Gasteiger partial charge in [0.25, 0.3) is 0 Å². The van der Waals surface area contributed by atoms with Crippen LogP contribution in [0.1, 0.15) is 43.9 Å². The van der Waals surface area contributed by atoms with E-state index in [1.807, 2.05) is 0 Å². The van der Waals surface area contributed by atoms with Crippen LogP contribution >= 0.6 is 0 Å². The van der Waals surface area contributed by atoms with E-state index < -0.39 is 0 Å². The molecule has 0 spiro atoms. The lowest BCUT2D eigenvalue weighted by Gasteiger charge is -2.09. The van der Waals surface area contributed by atoms with E-state index in [-0.39, 0.29) is 0 Å². The van der Waals surface area contributed by atoms with Gasteiger partial charge in [-0.1, -0.05) is 13.8 Å². The highest BCUT2D eigenvalue weighted by atomic mass is 14.9. The predicted octanol–water partition coefficient (Wildman–Crippen LogP) is 2.24. The average Bonchev–Trinajstić information content (AvgIpc) is 2.98. The molecule has 0 saturated heterocycles. The Labute approximate surface area is 97.7 Å². The Kier molecular flexibility index (Phi) is 3.54. The van der Waals surface area contributed by atoms with Gasteiger partial charge in [0.2, 0.25) is 0 Å². The molecule has 1 aliphatic rings. The van der Waals surface area contributed by atoms with E-state index in [9.17, 15) is 0 Å². The number of nitrogens with one attached hydrogen (secondary N) is 1. The zero-order chi connectivity index (χ0) is 11.5. The summed E-state index contributed by atoms with van der Waals surface area (Å²) in [6, 6.07) is 2.58. The molecule has 0 amide bonds. The van der Waals surface area contributed by atoms with Gasteiger partial charge in [-0.3, -0.25) is 0 Å². The van der Waals surface area contributed by atoms with Gasteiger partial charge in [-0.2, -0.15) is 0 Å². The molecule has 1 aromatic heterocycles. The summed E-state index contributed by atoms with van der Waals surface area (Å²) in [5.74, 6) is 1.88. The molecule has 0 unspecified atom stereocenters. The summed E-state index contributed by atoms with van der Waals surface area (Å²) in [6.07, 6.45) is 3.78. The molecule has 3 nitrogen and oxygen atoms in total. The Morgan fingerprint density at radius 2 is 2.12 bits per heavy atom. The van der Waals surface area contributed by atoms with Crippen LogP contribution in [0.4, 0.5) is 0 Å². The molecule has 1 N–H and O–H groups in total. The van der Waals surface area contributed by atoms with Gasteiger partial charge in [0.1, 0.15) is 5.82 Å². The van der Waals surface area contributed by atoms with Crippen molar-refractivity contribution in [2.75, 3.05) is 0 Å². The van der Waals surface area contributed by atoms with Gasteiger partial charge >= 0.3 is 0 Å². The molecule has 1 aromatic rings. The van der Waals surface area contributed by atoms with Crippen LogP contribution in [0, 0.1) is 12.8 Å². The van der Waals surface area contributed by atoms with E-state index >= 15 is 0 Å². The maximum Gasteiger partial charge on any atom is 0.129 e. The molecule has 0 bridgehead atoms. The van der Waals surface area contributed by atoms with E-state index in [0.29, 0.717) is 6.04 Å². The highest BCUT2D eigenvalue weighted by molar-refractivity contribution is 5.11. The Balaban J connectivity index is 2.02. The molecule has 3 heteroatoms. The number of rotatable bonds is 5. The van der Waals surface area contributed by atoms with E-state index in [1.165, 1.54) is 12.8 Å². The van der Waals surface area contributed by atoms with Gasteiger partial charge in [-0.05, 0) is 31.7 Å². The summed E-state index contributed by atoms with van der Waals surface area (Å²) in [5.41, 5.74) is 2.21. The minimum Gasteiger partial charge on any atom is -0.309 e. The maximum atomic E-state index is 4.61. The largest absolute Gasteiger partial charge is 0.309 e. The van der Waals surface area contributed by atoms with Crippen LogP contribution in [-0.4, -0.2) is 16.0 Å². The first kappa shape index (κ1) is 11.5. The summed E-state index contributed by atoms with van der Waals surface area (Å²) in [7, 11) is 0. The average molecular weight is 219 g/mol. The topological polar surface area (TPSA) is 37.8 Å². The summed E-state index contributed by atoms with van der Waals surface area (Å²) < 4.78 is 0. The SMILES string of the molecule is Cc1cc(CNC(C)C)nc(CC2CC2)n1. The Morgan fingerprint density at radius 1 is 1.38 bits per heavy atom. The van der Waals surface area contributed by atoms with Crippen molar-refractivity contribution in [3.8, 4) is 0 Å². The summed E-state index contributed by atoms with van der Waals surface area (Å²) >= 11 is 0. The number of aryl methyl sites for hydroxylation is 1. The fourth-order valence-electron chi connectivity index (χ4n) is 1.77. The van der Waals surface area contributed by atoms with Crippen LogP contribution in [0.5, 0.6) is 0 Å². The van der Waals surface area contributed by atoms with Gasteiger partial charge in [-0.15, -0.1) is 0 Å². The van der Waals surface area contributed by atoms with Crippen molar-refractivity contribution in [3.05, 3.63) is 23.3 Å². The molecule has 16 heavy (non-hydrogen) atoms. The third-order valence-electron chi connectivity index (χ3n) is 2.81. The van der Waals surface area contributed by atoms with Crippen LogP contribution in [0.15, 0.2) is 6.07 Å². The minimum atomic E-state index is 0.502. The van der Waals surface area contributed by atoms with Gasteiger partial charge in [0.15, 0.2) is 0 Å². The Hall–Kier alpha value is -0.960. The third kappa shape index (κ3) is 3.56. The van der Waals surface area contributed by atoms with Gasteiger partial charge < -0.3 is 5.32 Å². The number of hydrogen-bond acceptors (Lipinski definition) is 3. The summed E-state index contributed by atoms with van der Waals surface area (Å²) in [6.45, 7) is 7.20. The van der Waals surface area contributed by atoms with Crippen molar-refractivity contribution in [2.45, 2.75) is 52.6 Å². The maximum absolute atomic E-state index is 4.61. The Morgan fingerprint density at radius 3 is 2.75 bits per heavy atom. The van der Waals surface area contributed by atoms with Crippen molar-refractivity contribution in [1.82, 2.24) is 15.3 Å². The zero-order valence-electron chi connectivity index (χ0n) is 10.5. The lowest BCUT2D eigenvalue weighted by molar-refractivity contribution is 0.577. The van der Waals surface area contributed by atoms with Crippen LogP contribution in [0.3, 0.4) is 0 Å². The molecule has 0 aromatic carbocycles.